The van der Waals surface area contributed by atoms with Crippen LogP contribution in [-0.4, -0.2) is 76.6 Å². The third-order valence-electron chi connectivity index (χ3n) is 6.19. The molecule has 1 aliphatic heterocycles. The number of rotatable bonds is 7. The zero-order valence-electron chi connectivity index (χ0n) is 17.9. The normalized spacial score (nSPS) is 24.1. The summed E-state index contributed by atoms with van der Waals surface area (Å²) < 4.78 is 6.01. The molecule has 1 aromatic heterocycles. The quantitative estimate of drug-likeness (QED) is 0.546. The average Bonchev–Trinajstić information content (AvgIpc) is 3.47. The number of fused-ring (bicyclic) bond motifs is 1. The molecule has 29 heavy (non-hydrogen) atoms. The van der Waals surface area contributed by atoms with Gasteiger partial charge in [-0.3, -0.25) is 15.4 Å². The van der Waals surface area contributed by atoms with E-state index in [-0.39, 0.29) is 18.1 Å². The molecule has 0 aromatic carbocycles. The largest absolute Gasteiger partial charge is 0.371 e. The first-order valence-corrected chi connectivity index (χ1v) is 11.0. The van der Waals surface area contributed by atoms with E-state index < -0.39 is 0 Å². The van der Waals surface area contributed by atoms with Gasteiger partial charge in [0.15, 0.2) is 0 Å². The Balaban J connectivity index is 1.42. The molecule has 2 atom stereocenters. The number of aromatic nitrogens is 2. The van der Waals surface area contributed by atoms with Gasteiger partial charge in [0.25, 0.3) is 0 Å². The van der Waals surface area contributed by atoms with Gasteiger partial charge in [0.1, 0.15) is 12.2 Å². The van der Waals surface area contributed by atoms with E-state index in [1.165, 1.54) is 30.4 Å². The Bertz CT molecular complexity index is 770. The SMILES string of the molecule is CC(C)OC1C=Cc2n[nH]c(C(C)CC(=NC=N)N3CCN(C4CC4)CC3)c2C1. The Kier molecular flexibility index (Phi) is 6.15. The van der Waals surface area contributed by atoms with Crippen molar-refractivity contribution in [2.45, 2.75) is 70.6 Å². The van der Waals surface area contributed by atoms with Gasteiger partial charge >= 0.3 is 0 Å². The Morgan fingerprint density at radius 2 is 2.07 bits per heavy atom. The van der Waals surface area contributed by atoms with Crippen LogP contribution in [0, 0.1) is 5.41 Å². The molecule has 2 unspecified atom stereocenters. The van der Waals surface area contributed by atoms with Gasteiger partial charge in [-0.25, -0.2) is 4.99 Å². The monoisotopic (exact) mass is 398 g/mol. The van der Waals surface area contributed by atoms with Crippen LogP contribution in [0.2, 0.25) is 0 Å². The fraction of sp³-hybridized carbons (Fsp3) is 0.682. The maximum Gasteiger partial charge on any atom is 0.109 e. The summed E-state index contributed by atoms with van der Waals surface area (Å²) in [5.41, 5.74) is 3.47. The minimum atomic E-state index is 0.108. The topological polar surface area (TPSA) is 80.6 Å². The third-order valence-corrected chi connectivity index (χ3v) is 6.19. The highest BCUT2D eigenvalue weighted by molar-refractivity contribution is 5.89. The maximum atomic E-state index is 7.54. The number of aliphatic imine (C=N–C) groups is 1. The molecule has 2 aliphatic carbocycles. The first-order valence-electron chi connectivity index (χ1n) is 11.0. The summed E-state index contributed by atoms with van der Waals surface area (Å²) in [6.07, 6.45) is 10.1. The third kappa shape index (κ3) is 4.78. The summed E-state index contributed by atoms with van der Waals surface area (Å²) in [5.74, 6) is 1.28. The van der Waals surface area contributed by atoms with Crippen molar-refractivity contribution in [3.63, 3.8) is 0 Å². The lowest BCUT2D eigenvalue weighted by molar-refractivity contribution is 0.0356. The van der Waals surface area contributed by atoms with E-state index in [9.17, 15) is 0 Å². The molecule has 1 saturated carbocycles. The molecule has 1 saturated heterocycles. The van der Waals surface area contributed by atoms with Gasteiger partial charge < -0.3 is 9.64 Å². The van der Waals surface area contributed by atoms with E-state index in [0.29, 0.717) is 0 Å². The van der Waals surface area contributed by atoms with Crippen LogP contribution in [0.3, 0.4) is 0 Å². The molecule has 0 amide bonds. The van der Waals surface area contributed by atoms with Crippen molar-refractivity contribution >= 4 is 18.3 Å². The van der Waals surface area contributed by atoms with Crippen LogP contribution < -0.4 is 0 Å². The highest BCUT2D eigenvalue weighted by Gasteiger charge is 2.32. The smallest absolute Gasteiger partial charge is 0.109 e. The molecule has 7 heteroatoms. The number of amidine groups is 1. The van der Waals surface area contributed by atoms with E-state index >= 15 is 0 Å². The van der Waals surface area contributed by atoms with Gasteiger partial charge in [-0.05, 0) is 32.8 Å². The maximum absolute atomic E-state index is 7.54. The standard InChI is InChI=1S/C22H34N6O/c1-15(2)29-18-6-7-20-19(13-18)22(26-25-20)16(3)12-21(24-14-23)28-10-8-27(9-11-28)17-4-5-17/h6-7,14-18,23H,4-5,8-13H2,1-3H3,(H,25,26). The molecule has 2 heterocycles. The van der Waals surface area contributed by atoms with E-state index in [2.05, 4.69) is 57.9 Å². The van der Waals surface area contributed by atoms with Gasteiger partial charge in [-0.1, -0.05) is 13.0 Å². The summed E-state index contributed by atoms with van der Waals surface area (Å²) in [6, 6.07) is 0.824. The highest BCUT2D eigenvalue weighted by atomic mass is 16.5. The molecule has 158 valence electrons. The molecule has 1 aromatic rings. The van der Waals surface area contributed by atoms with Gasteiger partial charge in [-0.2, -0.15) is 5.10 Å². The van der Waals surface area contributed by atoms with Crippen molar-refractivity contribution < 1.29 is 4.74 Å². The van der Waals surface area contributed by atoms with Crippen molar-refractivity contribution in [1.82, 2.24) is 20.0 Å². The zero-order valence-corrected chi connectivity index (χ0v) is 17.9. The number of nitrogens with one attached hydrogen (secondary N) is 2. The second-order valence-corrected chi connectivity index (χ2v) is 8.82. The summed E-state index contributed by atoms with van der Waals surface area (Å²) in [6.45, 7) is 10.6. The van der Waals surface area contributed by atoms with Crippen molar-refractivity contribution in [1.29, 1.82) is 5.41 Å². The summed E-state index contributed by atoms with van der Waals surface area (Å²) in [5, 5.41) is 15.3. The van der Waals surface area contributed by atoms with Crippen molar-refractivity contribution in [2.75, 3.05) is 26.2 Å². The van der Waals surface area contributed by atoms with Crippen LogP contribution in [0.25, 0.3) is 6.08 Å². The summed E-state index contributed by atoms with van der Waals surface area (Å²) in [7, 11) is 0. The first-order chi connectivity index (χ1) is 14.0. The average molecular weight is 399 g/mol. The lowest BCUT2D eigenvalue weighted by Gasteiger charge is -2.37. The number of piperazine rings is 1. The van der Waals surface area contributed by atoms with Crippen LogP contribution in [-0.2, 0) is 11.2 Å². The highest BCUT2D eigenvalue weighted by Crippen LogP contribution is 2.31. The Hall–Kier alpha value is -1.99. The second-order valence-electron chi connectivity index (χ2n) is 8.82. The molecular weight excluding hydrogens is 364 g/mol. The van der Waals surface area contributed by atoms with E-state index in [4.69, 9.17) is 10.1 Å². The van der Waals surface area contributed by atoms with Gasteiger partial charge in [0, 0.05) is 62.2 Å². The Labute approximate surface area is 173 Å². The minimum Gasteiger partial charge on any atom is -0.371 e. The van der Waals surface area contributed by atoms with E-state index in [1.807, 2.05) is 0 Å². The number of hydrogen-bond acceptors (Lipinski definition) is 4. The van der Waals surface area contributed by atoms with Crippen molar-refractivity contribution in [3.05, 3.63) is 23.0 Å². The van der Waals surface area contributed by atoms with Crippen LogP contribution in [0.15, 0.2) is 11.1 Å². The number of H-pyrrole nitrogens is 1. The molecule has 3 aliphatic rings. The van der Waals surface area contributed by atoms with Crippen LogP contribution >= 0.6 is 0 Å². The van der Waals surface area contributed by atoms with Crippen LogP contribution in [0.5, 0.6) is 0 Å². The van der Waals surface area contributed by atoms with Gasteiger partial charge in [-0.15, -0.1) is 0 Å². The van der Waals surface area contributed by atoms with Crippen LogP contribution in [0.1, 0.15) is 62.9 Å². The molecule has 0 bridgehead atoms. The molecule has 0 radical (unpaired) electrons. The molecule has 2 N–H and O–H groups in total. The molecule has 7 nitrogen and oxygen atoms in total. The van der Waals surface area contributed by atoms with Crippen LogP contribution in [0.4, 0.5) is 0 Å². The fourth-order valence-electron chi connectivity index (χ4n) is 4.56. The van der Waals surface area contributed by atoms with E-state index in [0.717, 1.165) is 56.6 Å². The van der Waals surface area contributed by atoms with Gasteiger partial charge in [0.2, 0.25) is 0 Å². The zero-order chi connectivity index (χ0) is 20.4. The van der Waals surface area contributed by atoms with Gasteiger partial charge in [0.05, 0.1) is 17.9 Å². The molecule has 0 spiro atoms. The molecule has 2 fully saturated rings. The summed E-state index contributed by atoms with van der Waals surface area (Å²) in [4.78, 5) is 9.42. The Morgan fingerprint density at radius 1 is 1.31 bits per heavy atom. The lowest BCUT2D eigenvalue weighted by Crippen LogP contribution is -2.49. The Morgan fingerprint density at radius 3 is 2.72 bits per heavy atom. The predicted octanol–water partition coefficient (Wildman–Crippen LogP) is 3.05. The number of aromatic amines is 1. The fourth-order valence-corrected chi connectivity index (χ4v) is 4.56. The number of ether oxygens (including phenoxy) is 1. The predicted molar refractivity (Wildman–Crippen MR) is 117 cm³/mol. The molecular formula is C22H34N6O. The lowest BCUT2D eigenvalue weighted by atomic mass is 9.92. The second kappa shape index (κ2) is 8.79. The number of nitrogens with zero attached hydrogens (tertiary/aromatic N) is 4. The van der Waals surface area contributed by atoms with Crippen molar-refractivity contribution in [3.8, 4) is 0 Å². The summed E-state index contributed by atoms with van der Waals surface area (Å²) >= 11 is 0. The first kappa shape index (κ1) is 20.3. The minimum absolute atomic E-state index is 0.108. The molecule has 4 rings (SSSR count). The number of hydrogen-bond donors (Lipinski definition) is 2. The van der Waals surface area contributed by atoms with Crippen molar-refractivity contribution in [2.24, 2.45) is 4.99 Å². The van der Waals surface area contributed by atoms with E-state index in [1.54, 1.807) is 0 Å².